The third kappa shape index (κ3) is 2.39. The summed E-state index contributed by atoms with van der Waals surface area (Å²) in [5, 5.41) is 0. The van der Waals surface area contributed by atoms with Crippen molar-refractivity contribution in [1.29, 1.82) is 0 Å². The fourth-order valence-electron chi connectivity index (χ4n) is 2.59. The highest BCUT2D eigenvalue weighted by molar-refractivity contribution is 5.47. The first-order valence-corrected chi connectivity index (χ1v) is 6.61. The molecule has 0 saturated carbocycles. The number of para-hydroxylation sites is 1. The van der Waals surface area contributed by atoms with Crippen molar-refractivity contribution in [3.05, 3.63) is 64.7 Å². The monoisotopic (exact) mass is 275 g/mol. The first kappa shape index (κ1) is 13.1. The van der Waals surface area contributed by atoms with Crippen LogP contribution < -0.4 is 10.5 Å². The Hall–Kier alpha value is -1.94. The van der Waals surface area contributed by atoms with Crippen LogP contribution in [0.1, 0.15) is 29.2 Å². The van der Waals surface area contributed by atoms with E-state index in [0.29, 0.717) is 12.2 Å². The summed E-state index contributed by atoms with van der Waals surface area (Å²) in [5.74, 6) is -0.488. The summed E-state index contributed by atoms with van der Waals surface area (Å²) >= 11 is 0. The molecule has 0 radical (unpaired) electrons. The highest BCUT2D eigenvalue weighted by Crippen LogP contribution is 2.34. The Balaban J connectivity index is 2.04. The van der Waals surface area contributed by atoms with E-state index >= 15 is 0 Å². The zero-order valence-corrected chi connectivity index (χ0v) is 10.9. The van der Waals surface area contributed by atoms with Crippen molar-refractivity contribution in [2.24, 2.45) is 5.73 Å². The molecule has 1 heterocycles. The minimum absolute atomic E-state index is 0.407. The van der Waals surface area contributed by atoms with Crippen LogP contribution in [-0.2, 0) is 6.42 Å². The second kappa shape index (κ2) is 5.21. The van der Waals surface area contributed by atoms with Crippen LogP contribution in [0.5, 0.6) is 5.75 Å². The molecule has 0 aliphatic carbocycles. The Bertz CT molecular complexity index is 622. The van der Waals surface area contributed by atoms with Gasteiger partial charge in [0.25, 0.3) is 0 Å². The lowest BCUT2D eigenvalue weighted by Gasteiger charge is -2.23. The van der Waals surface area contributed by atoms with Crippen molar-refractivity contribution in [2.75, 3.05) is 6.61 Å². The highest BCUT2D eigenvalue weighted by Gasteiger charge is 2.20. The van der Waals surface area contributed by atoms with Gasteiger partial charge in [0.2, 0.25) is 0 Å². The van der Waals surface area contributed by atoms with Gasteiger partial charge in [0.15, 0.2) is 0 Å². The third-order valence-electron chi connectivity index (χ3n) is 3.54. The summed E-state index contributed by atoms with van der Waals surface area (Å²) in [5.41, 5.74) is 8.44. The maximum Gasteiger partial charge on any atom is 0.127 e. The van der Waals surface area contributed by atoms with Gasteiger partial charge in [0.05, 0.1) is 12.6 Å². The Morgan fingerprint density at radius 3 is 2.60 bits per heavy atom. The summed E-state index contributed by atoms with van der Waals surface area (Å²) in [7, 11) is 0. The Morgan fingerprint density at radius 2 is 1.85 bits per heavy atom. The maximum absolute atomic E-state index is 13.3. The lowest BCUT2D eigenvalue weighted by atomic mass is 9.94. The fraction of sp³-hybridized carbons (Fsp3) is 0.250. The van der Waals surface area contributed by atoms with E-state index in [1.807, 2.05) is 18.2 Å². The van der Waals surface area contributed by atoms with Gasteiger partial charge in [0.1, 0.15) is 17.4 Å². The number of fused-ring (bicyclic) bond motifs is 1. The standard InChI is InChI=1S/C16H15F2NO/c17-12-7-11(8-13(18)9-12)15(19)14-5-1-3-10-4-2-6-20-16(10)14/h1,3,5,7-9,15H,2,4,6,19H2. The lowest BCUT2D eigenvalue weighted by Crippen LogP contribution is -2.17. The molecule has 0 bridgehead atoms. The van der Waals surface area contributed by atoms with Gasteiger partial charge >= 0.3 is 0 Å². The minimum Gasteiger partial charge on any atom is -0.493 e. The Morgan fingerprint density at radius 1 is 1.10 bits per heavy atom. The van der Waals surface area contributed by atoms with Crippen LogP contribution >= 0.6 is 0 Å². The van der Waals surface area contributed by atoms with E-state index in [4.69, 9.17) is 10.5 Å². The first-order chi connectivity index (χ1) is 9.65. The Labute approximate surface area is 116 Å². The summed E-state index contributed by atoms with van der Waals surface area (Å²) < 4.78 is 32.3. The van der Waals surface area contributed by atoms with Crippen molar-refractivity contribution in [3.8, 4) is 5.75 Å². The minimum atomic E-state index is -0.624. The fourth-order valence-corrected chi connectivity index (χ4v) is 2.59. The molecular weight excluding hydrogens is 260 g/mol. The Kier molecular flexibility index (Phi) is 3.40. The van der Waals surface area contributed by atoms with Crippen LogP contribution in [0.4, 0.5) is 8.78 Å². The molecule has 2 aromatic carbocycles. The SMILES string of the molecule is NC(c1cc(F)cc(F)c1)c1cccc2c1OCCC2. The first-order valence-electron chi connectivity index (χ1n) is 6.61. The average Bonchev–Trinajstić information content (AvgIpc) is 2.45. The molecular formula is C16H15F2NO. The molecule has 1 aliphatic heterocycles. The molecule has 2 aromatic rings. The van der Waals surface area contributed by atoms with Crippen LogP contribution in [0.2, 0.25) is 0 Å². The molecule has 20 heavy (non-hydrogen) atoms. The van der Waals surface area contributed by atoms with Crippen LogP contribution in [0.15, 0.2) is 36.4 Å². The number of hydrogen-bond donors (Lipinski definition) is 1. The van der Waals surface area contributed by atoms with Crippen molar-refractivity contribution in [1.82, 2.24) is 0 Å². The van der Waals surface area contributed by atoms with Crippen molar-refractivity contribution in [2.45, 2.75) is 18.9 Å². The molecule has 0 fully saturated rings. The second-order valence-electron chi connectivity index (χ2n) is 4.97. The number of ether oxygens (including phenoxy) is 1. The van der Waals surface area contributed by atoms with E-state index in [9.17, 15) is 8.78 Å². The zero-order valence-electron chi connectivity index (χ0n) is 10.9. The molecule has 1 aliphatic rings. The number of rotatable bonds is 2. The van der Waals surface area contributed by atoms with Gasteiger partial charge in [-0.2, -0.15) is 0 Å². The largest absolute Gasteiger partial charge is 0.493 e. The molecule has 104 valence electrons. The van der Waals surface area contributed by atoms with Gasteiger partial charge in [-0.1, -0.05) is 18.2 Å². The highest BCUT2D eigenvalue weighted by atomic mass is 19.1. The van der Waals surface area contributed by atoms with E-state index in [-0.39, 0.29) is 0 Å². The summed E-state index contributed by atoms with van der Waals surface area (Å²) in [6.45, 7) is 0.647. The molecule has 2 N–H and O–H groups in total. The second-order valence-corrected chi connectivity index (χ2v) is 4.97. The van der Waals surface area contributed by atoms with Crippen LogP contribution in [-0.4, -0.2) is 6.61 Å². The zero-order chi connectivity index (χ0) is 14.1. The van der Waals surface area contributed by atoms with Gasteiger partial charge < -0.3 is 10.5 Å². The van der Waals surface area contributed by atoms with E-state index in [1.165, 1.54) is 12.1 Å². The van der Waals surface area contributed by atoms with E-state index < -0.39 is 17.7 Å². The molecule has 0 saturated heterocycles. The van der Waals surface area contributed by atoms with Crippen molar-refractivity contribution in [3.63, 3.8) is 0 Å². The summed E-state index contributed by atoms with van der Waals surface area (Å²) in [6.07, 6.45) is 1.91. The quantitative estimate of drug-likeness (QED) is 0.912. The molecule has 0 amide bonds. The molecule has 2 nitrogen and oxygen atoms in total. The van der Waals surface area contributed by atoms with Gasteiger partial charge in [-0.3, -0.25) is 0 Å². The number of nitrogens with two attached hydrogens (primary N) is 1. The van der Waals surface area contributed by atoms with Crippen molar-refractivity contribution >= 4 is 0 Å². The molecule has 1 unspecified atom stereocenters. The van der Waals surface area contributed by atoms with Gasteiger partial charge in [-0.15, -0.1) is 0 Å². The third-order valence-corrected chi connectivity index (χ3v) is 3.54. The van der Waals surface area contributed by atoms with Crippen LogP contribution in [0, 0.1) is 11.6 Å². The van der Waals surface area contributed by atoms with Crippen LogP contribution in [0.3, 0.4) is 0 Å². The normalized spacial score (nSPS) is 15.3. The molecule has 0 spiro atoms. The van der Waals surface area contributed by atoms with Gasteiger partial charge in [-0.05, 0) is 36.1 Å². The van der Waals surface area contributed by atoms with E-state index in [2.05, 4.69) is 0 Å². The predicted molar refractivity (Wildman–Crippen MR) is 72.6 cm³/mol. The predicted octanol–water partition coefficient (Wildman–Crippen LogP) is 3.34. The lowest BCUT2D eigenvalue weighted by molar-refractivity contribution is 0.284. The molecule has 1 atom stereocenters. The number of hydrogen-bond acceptors (Lipinski definition) is 2. The molecule has 3 rings (SSSR count). The molecule has 4 heteroatoms. The number of halogens is 2. The van der Waals surface area contributed by atoms with Crippen molar-refractivity contribution < 1.29 is 13.5 Å². The van der Waals surface area contributed by atoms with E-state index in [1.54, 1.807) is 0 Å². The maximum atomic E-state index is 13.3. The van der Waals surface area contributed by atoms with E-state index in [0.717, 1.165) is 35.8 Å². The number of aryl methyl sites for hydroxylation is 1. The smallest absolute Gasteiger partial charge is 0.127 e. The number of benzene rings is 2. The average molecular weight is 275 g/mol. The van der Waals surface area contributed by atoms with Gasteiger partial charge in [0, 0.05) is 11.6 Å². The van der Waals surface area contributed by atoms with Crippen LogP contribution in [0.25, 0.3) is 0 Å². The summed E-state index contributed by atoms with van der Waals surface area (Å²) in [6, 6.07) is 8.50. The molecule has 0 aromatic heterocycles. The topological polar surface area (TPSA) is 35.2 Å². The van der Waals surface area contributed by atoms with Gasteiger partial charge in [-0.25, -0.2) is 8.78 Å². The summed E-state index contributed by atoms with van der Waals surface area (Å²) in [4.78, 5) is 0.